The van der Waals surface area contributed by atoms with Gasteiger partial charge in [-0.2, -0.15) is 0 Å². The lowest BCUT2D eigenvalue weighted by atomic mass is 9.78. The number of hydrogen-bond donors (Lipinski definition) is 12. The van der Waals surface area contributed by atoms with Gasteiger partial charge in [0.15, 0.2) is 0 Å². The number of carbonyl (C=O) groups is 1. The summed E-state index contributed by atoms with van der Waals surface area (Å²) in [5.41, 5.74) is 3.00. The number of unbranched alkanes of at least 4 members (excludes halogenated alkanes) is 1. The number of phenols is 1. The molecule has 2 aromatic rings. The second kappa shape index (κ2) is 25.7. The van der Waals surface area contributed by atoms with Gasteiger partial charge in [0.1, 0.15) is 5.75 Å². The summed E-state index contributed by atoms with van der Waals surface area (Å²) in [5.74, 6) is 4.72. The molecule has 2 aromatic carbocycles. The molecule has 13 heteroatoms. The van der Waals surface area contributed by atoms with Gasteiger partial charge in [-0.15, -0.1) is 0 Å². The molecule has 12 N–H and O–H groups in total. The van der Waals surface area contributed by atoms with Crippen LogP contribution in [0.1, 0.15) is 114 Å². The van der Waals surface area contributed by atoms with Gasteiger partial charge < -0.3 is 61.7 Å². The van der Waals surface area contributed by atoms with E-state index in [2.05, 4.69) is 22.5 Å². The monoisotopic (exact) mass is 879 g/mol. The van der Waals surface area contributed by atoms with E-state index in [9.17, 15) is 55.9 Å². The maximum absolute atomic E-state index is 12.6. The summed E-state index contributed by atoms with van der Waals surface area (Å²) in [7, 11) is 0. The van der Waals surface area contributed by atoms with Gasteiger partial charge >= 0.3 is 5.97 Å². The maximum Gasteiger partial charge on any atom is 0.303 e. The van der Waals surface area contributed by atoms with E-state index in [1.54, 1.807) is 31.2 Å². The number of aliphatic hydroxyl groups is 8. The molecule has 350 valence electrons. The van der Waals surface area contributed by atoms with E-state index in [0.29, 0.717) is 54.4 Å². The lowest BCUT2D eigenvalue weighted by Gasteiger charge is -2.39. The number of hydrogen-bond acceptors (Lipinski definition) is 12. The SMILES string of the molecule is CCCC[C@H](O)[C@H](O)/C=C/C1=C(\C[C@H](O)CO)[C@H](CC[C@H](O)[C@H]2N[C@@H](C)CC[C@H](CO)[C@H]2CC(=O)O)N[C@@H]([C@@](C)(O)Cc2ccc(O)cc2CCO)CC#Cc2ccccc2CC1. The molecule has 0 radical (unpaired) electrons. The Balaban J connectivity index is 1.91. The van der Waals surface area contributed by atoms with Gasteiger partial charge in [-0.05, 0) is 130 Å². The topological polar surface area (TPSA) is 243 Å². The molecule has 63 heavy (non-hydrogen) atoms. The van der Waals surface area contributed by atoms with Crippen molar-refractivity contribution in [2.45, 2.75) is 165 Å². The first kappa shape index (κ1) is 52.0. The minimum absolute atomic E-state index is 0.0217. The van der Waals surface area contributed by atoms with Crippen molar-refractivity contribution in [3.05, 3.63) is 88.0 Å². The summed E-state index contributed by atoms with van der Waals surface area (Å²) in [6.07, 6.45) is 3.60. The number of aliphatic hydroxyl groups excluding tert-OH is 7. The Bertz CT molecular complexity index is 1850. The number of benzene rings is 2. The van der Waals surface area contributed by atoms with Gasteiger partial charge in [-0.1, -0.05) is 68.0 Å². The molecule has 2 heterocycles. The number of allylic oxidation sites excluding steroid dienone is 2. The van der Waals surface area contributed by atoms with Crippen molar-refractivity contribution in [1.82, 2.24) is 10.6 Å². The molecule has 2 aliphatic heterocycles. The zero-order valence-corrected chi connectivity index (χ0v) is 37.4. The molecule has 0 aliphatic carbocycles. The predicted octanol–water partition coefficient (Wildman–Crippen LogP) is 3.42. The molecule has 4 rings (SSSR count). The van der Waals surface area contributed by atoms with E-state index < -0.39 is 66.6 Å². The molecular formula is C50H74N2O11. The number of fused-ring (bicyclic) bond motifs is 1. The molecule has 2 aliphatic rings. The zero-order valence-electron chi connectivity index (χ0n) is 37.4. The van der Waals surface area contributed by atoms with Gasteiger partial charge in [0, 0.05) is 55.8 Å². The molecule has 1 fully saturated rings. The third-order valence-electron chi connectivity index (χ3n) is 13.0. The summed E-state index contributed by atoms with van der Waals surface area (Å²) >= 11 is 0. The van der Waals surface area contributed by atoms with E-state index >= 15 is 0 Å². The van der Waals surface area contributed by atoms with Crippen LogP contribution in [0.15, 0.2) is 65.8 Å². The van der Waals surface area contributed by atoms with Crippen LogP contribution in [-0.4, -0.2) is 131 Å². The van der Waals surface area contributed by atoms with E-state index in [-0.39, 0.29) is 75.9 Å². The number of rotatable bonds is 21. The Kier molecular flexibility index (Phi) is 21.2. The maximum atomic E-state index is 12.6. The molecule has 13 nitrogen and oxygen atoms in total. The fraction of sp³-hybridized carbons (Fsp3) is 0.620. The van der Waals surface area contributed by atoms with E-state index in [4.69, 9.17) is 0 Å². The molecule has 1 saturated heterocycles. The zero-order chi connectivity index (χ0) is 46.1. The fourth-order valence-corrected chi connectivity index (χ4v) is 9.32. The Morgan fingerprint density at radius 3 is 2.46 bits per heavy atom. The van der Waals surface area contributed by atoms with Crippen molar-refractivity contribution in [3.63, 3.8) is 0 Å². The Morgan fingerprint density at radius 2 is 1.76 bits per heavy atom. The normalized spacial score (nSPS) is 26.5. The smallest absolute Gasteiger partial charge is 0.303 e. The first-order valence-electron chi connectivity index (χ1n) is 22.9. The van der Waals surface area contributed by atoms with Gasteiger partial charge in [-0.3, -0.25) is 4.79 Å². The van der Waals surface area contributed by atoms with Crippen LogP contribution < -0.4 is 10.6 Å². The van der Waals surface area contributed by atoms with Crippen molar-refractivity contribution in [1.29, 1.82) is 0 Å². The quantitative estimate of drug-likeness (QED) is 0.0806. The summed E-state index contributed by atoms with van der Waals surface area (Å²) in [6, 6.07) is 10.4. The number of phenolic OH excluding ortho intramolecular Hbond substituents is 1. The van der Waals surface area contributed by atoms with Crippen molar-refractivity contribution < 1.29 is 55.9 Å². The van der Waals surface area contributed by atoms with E-state index in [1.807, 2.05) is 38.1 Å². The van der Waals surface area contributed by atoms with Crippen LogP contribution in [0.3, 0.4) is 0 Å². The molecule has 0 bridgehead atoms. The number of aliphatic carboxylic acids is 1. The molecular weight excluding hydrogens is 805 g/mol. The average Bonchev–Trinajstić information content (AvgIpc) is 3.40. The molecule has 0 saturated carbocycles. The van der Waals surface area contributed by atoms with Crippen molar-refractivity contribution >= 4 is 5.97 Å². The molecule has 0 unspecified atom stereocenters. The summed E-state index contributed by atoms with van der Waals surface area (Å²) in [6.45, 7) is 4.73. The van der Waals surface area contributed by atoms with E-state index in [1.165, 1.54) is 6.07 Å². The average molecular weight is 879 g/mol. The van der Waals surface area contributed by atoms with Gasteiger partial charge in [0.05, 0.1) is 43.0 Å². The van der Waals surface area contributed by atoms with Crippen LogP contribution in [0.2, 0.25) is 0 Å². The summed E-state index contributed by atoms with van der Waals surface area (Å²) < 4.78 is 0. The second-order valence-electron chi connectivity index (χ2n) is 18.1. The Morgan fingerprint density at radius 1 is 1.00 bits per heavy atom. The van der Waals surface area contributed by atoms with Gasteiger partial charge in [0.25, 0.3) is 0 Å². The largest absolute Gasteiger partial charge is 0.508 e. The molecule has 11 atom stereocenters. The van der Waals surface area contributed by atoms with Crippen molar-refractivity contribution in [2.24, 2.45) is 11.8 Å². The highest BCUT2D eigenvalue weighted by Crippen LogP contribution is 2.34. The number of aromatic hydroxyl groups is 1. The van der Waals surface area contributed by atoms with E-state index in [0.717, 1.165) is 24.0 Å². The van der Waals surface area contributed by atoms with Crippen LogP contribution in [-0.2, 0) is 24.1 Å². The van der Waals surface area contributed by atoms with Crippen LogP contribution in [0.5, 0.6) is 5.75 Å². The second-order valence-corrected chi connectivity index (χ2v) is 18.1. The highest BCUT2D eigenvalue weighted by atomic mass is 16.4. The molecule has 0 amide bonds. The van der Waals surface area contributed by atoms with Crippen LogP contribution in [0, 0.1) is 23.7 Å². The van der Waals surface area contributed by atoms with Crippen LogP contribution in [0.25, 0.3) is 0 Å². The number of carboxylic acids is 1. The van der Waals surface area contributed by atoms with Crippen molar-refractivity contribution in [2.75, 3.05) is 19.8 Å². The lowest BCUT2D eigenvalue weighted by Crippen LogP contribution is -2.55. The predicted molar refractivity (Wildman–Crippen MR) is 243 cm³/mol. The third kappa shape index (κ3) is 15.8. The molecule has 0 aromatic heterocycles. The highest BCUT2D eigenvalue weighted by molar-refractivity contribution is 5.67. The van der Waals surface area contributed by atoms with Crippen LogP contribution >= 0.6 is 0 Å². The molecule has 0 spiro atoms. The fourth-order valence-electron chi connectivity index (χ4n) is 9.32. The summed E-state index contributed by atoms with van der Waals surface area (Å²) in [5, 5.41) is 116. The first-order chi connectivity index (χ1) is 30.1. The Hall–Kier alpha value is -3.65. The van der Waals surface area contributed by atoms with Crippen molar-refractivity contribution in [3.8, 4) is 17.6 Å². The third-order valence-corrected chi connectivity index (χ3v) is 13.0. The highest BCUT2D eigenvalue weighted by Gasteiger charge is 2.40. The standard InChI is InChI=1S/C50H74N2O11/c1-4-5-12-44(58)45(59)22-19-35-17-16-34-10-7-6-9-33(34)11-8-13-47(50(3,63)29-37-18-20-39(56)26-36(37)24-25-53)52-43(41(35)27-40(57)31-55)21-23-46(60)49-42(28-48(61)62)38(30-54)15-14-32(2)51-49/h6-7,9-10,18-20,22,26,32,38,40,42-47,49,51-60,63H,4-5,12-17,21,23-25,27-31H2,1-3H3,(H,61,62)/b22-19+,41-35+/t32-,38+,40-,42+,43-,44-,45+,46-,47+,49-,50-/m0/s1. The minimum Gasteiger partial charge on any atom is -0.508 e. The number of aryl methyl sites for hydroxylation is 1. The minimum atomic E-state index is -1.52. The Labute approximate surface area is 373 Å². The summed E-state index contributed by atoms with van der Waals surface area (Å²) in [4.78, 5) is 12.2. The van der Waals surface area contributed by atoms with Crippen LogP contribution in [0.4, 0.5) is 0 Å². The number of nitrogens with one attached hydrogen (secondary N) is 2. The van der Waals surface area contributed by atoms with Gasteiger partial charge in [0.2, 0.25) is 0 Å². The lowest BCUT2D eigenvalue weighted by molar-refractivity contribution is -0.139. The van der Waals surface area contributed by atoms with Gasteiger partial charge in [-0.25, -0.2) is 0 Å². The number of carboxylic acid groups (broad SMARTS) is 1. The first-order valence-corrected chi connectivity index (χ1v) is 22.9.